The van der Waals surface area contributed by atoms with Crippen LogP contribution in [-0.4, -0.2) is 0 Å². The predicted molar refractivity (Wildman–Crippen MR) is 93.8 cm³/mol. The minimum Gasteiger partial charge on any atom is -0.298 e. The van der Waals surface area contributed by atoms with Gasteiger partial charge in [0.1, 0.15) is 0 Å². The van der Waals surface area contributed by atoms with Gasteiger partial charge in [-0.05, 0) is 42.0 Å². The molecule has 0 fully saturated rings. The second kappa shape index (κ2) is 7.15. The molecule has 0 aliphatic heterocycles. The van der Waals surface area contributed by atoms with Gasteiger partial charge in [-0.15, -0.1) is 0 Å². The van der Waals surface area contributed by atoms with Gasteiger partial charge in [-0.1, -0.05) is 48.5 Å². The zero-order chi connectivity index (χ0) is 15.9. The highest BCUT2D eigenvalue weighted by Crippen LogP contribution is 2.19. The van der Waals surface area contributed by atoms with Crippen molar-refractivity contribution in [3.63, 3.8) is 0 Å². The van der Waals surface area contributed by atoms with Crippen molar-refractivity contribution < 1.29 is 0 Å². The van der Waals surface area contributed by atoms with Crippen molar-refractivity contribution >= 4 is 11.4 Å². The fourth-order valence-electron chi connectivity index (χ4n) is 2.34. The SMILES string of the molecule is N#Cc1ccc(CN(Nc2ccccc2)c2ccccc2)cc1. The molecule has 0 amide bonds. The maximum absolute atomic E-state index is 8.91. The summed E-state index contributed by atoms with van der Waals surface area (Å²) < 4.78 is 0. The van der Waals surface area contributed by atoms with Crippen molar-refractivity contribution in [3.8, 4) is 6.07 Å². The number of nitrogens with one attached hydrogen (secondary N) is 1. The van der Waals surface area contributed by atoms with Crippen molar-refractivity contribution in [2.24, 2.45) is 0 Å². The van der Waals surface area contributed by atoms with Gasteiger partial charge in [0, 0.05) is 0 Å². The van der Waals surface area contributed by atoms with Gasteiger partial charge in [-0.3, -0.25) is 10.4 Å². The Hall–Kier alpha value is -3.25. The molecule has 0 radical (unpaired) electrons. The molecular weight excluding hydrogens is 282 g/mol. The quantitative estimate of drug-likeness (QED) is 0.700. The number of hydrogen-bond donors (Lipinski definition) is 1. The molecule has 0 heterocycles. The lowest BCUT2D eigenvalue weighted by Gasteiger charge is -2.26. The topological polar surface area (TPSA) is 39.1 Å². The molecule has 3 rings (SSSR count). The number of hydrazine groups is 1. The lowest BCUT2D eigenvalue weighted by molar-refractivity contribution is 0.905. The zero-order valence-electron chi connectivity index (χ0n) is 12.7. The number of nitrogens with zero attached hydrogens (tertiary/aromatic N) is 2. The highest BCUT2D eigenvalue weighted by atomic mass is 15.5. The molecule has 0 unspecified atom stereocenters. The first-order valence-corrected chi connectivity index (χ1v) is 7.48. The van der Waals surface area contributed by atoms with Crippen LogP contribution < -0.4 is 10.4 Å². The van der Waals surface area contributed by atoms with Gasteiger partial charge < -0.3 is 0 Å². The summed E-state index contributed by atoms with van der Waals surface area (Å²) in [6.07, 6.45) is 0. The van der Waals surface area contributed by atoms with Crippen molar-refractivity contribution in [1.29, 1.82) is 5.26 Å². The largest absolute Gasteiger partial charge is 0.298 e. The highest BCUT2D eigenvalue weighted by Gasteiger charge is 2.07. The Labute approximate surface area is 136 Å². The molecular formula is C20H17N3. The Morgan fingerprint density at radius 2 is 1.39 bits per heavy atom. The second-order valence-corrected chi connectivity index (χ2v) is 5.21. The molecule has 0 aliphatic carbocycles. The molecule has 0 saturated heterocycles. The third kappa shape index (κ3) is 3.90. The third-order valence-corrected chi connectivity index (χ3v) is 3.53. The van der Waals surface area contributed by atoms with Crippen molar-refractivity contribution in [2.75, 3.05) is 10.4 Å². The summed E-state index contributed by atoms with van der Waals surface area (Å²) in [5.74, 6) is 0. The fraction of sp³-hybridized carbons (Fsp3) is 0.0500. The molecule has 3 nitrogen and oxygen atoms in total. The molecule has 0 atom stereocenters. The Morgan fingerprint density at radius 1 is 0.783 bits per heavy atom. The van der Waals surface area contributed by atoms with E-state index in [-0.39, 0.29) is 0 Å². The van der Waals surface area contributed by atoms with Crippen LogP contribution in [0.5, 0.6) is 0 Å². The van der Waals surface area contributed by atoms with Crippen LogP contribution in [0.15, 0.2) is 84.9 Å². The van der Waals surface area contributed by atoms with Crippen LogP contribution in [0.3, 0.4) is 0 Å². The average molecular weight is 299 g/mol. The molecule has 23 heavy (non-hydrogen) atoms. The third-order valence-electron chi connectivity index (χ3n) is 3.53. The average Bonchev–Trinajstić information content (AvgIpc) is 2.63. The summed E-state index contributed by atoms with van der Waals surface area (Å²) in [5, 5.41) is 11.0. The van der Waals surface area contributed by atoms with Crippen LogP contribution in [0.4, 0.5) is 11.4 Å². The molecule has 0 aromatic heterocycles. The van der Waals surface area contributed by atoms with Gasteiger partial charge in [0.15, 0.2) is 0 Å². The number of anilines is 2. The number of para-hydroxylation sites is 2. The molecule has 0 bridgehead atoms. The van der Waals surface area contributed by atoms with E-state index in [1.165, 1.54) is 0 Å². The number of hydrogen-bond acceptors (Lipinski definition) is 3. The van der Waals surface area contributed by atoms with Crippen LogP contribution in [0, 0.1) is 11.3 Å². The predicted octanol–water partition coefficient (Wildman–Crippen LogP) is 4.59. The maximum atomic E-state index is 8.91. The highest BCUT2D eigenvalue weighted by molar-refractivity contribution is 5.55. The van der Waals surface area contributed by atoms with Crippen LogP contribution in [0.25, 0.3) is 0 Å². The van der Waals surface area contributed by atoms with E-state index in [2.05, 4.69) is 28.6 Å². The number of nitriles is 1. The van der Waals surface area contributed by atoms with Crippen molar-refractivity contribution in [3.05, 3.63) is 96.1 Å². The summed E-state index contributed by atoms with van der Waals surface area (Å²) in [6, 6.07) is 30.1. The Balaban J connectivity index is 1.84. The Bertz CT molecular complexity index is 775. The fourth-order valence-corrected chi connectivity index (χ4v) is 2.34. The summed E-state index contributed by atoms with van der Waals surface area (Å²) in [6.45, 7) is 0.699. The van der Waals surface area contributed by atoms with E-state index in [9.17, 15) is 0 Å². The van der Waals surface area contributed by atoms with Gasteiger partial charge in [-0.2, -0.15) is 5.26 Å². The number of rotatable bonds is 5. The molecule has 112 valence electrons. The monoisotopic (exact) mass is 299 g/mol. The lowest BCUT2D eigenvalue weighted by Crippen LogP contribution is -2.29. The normalized spacial score (nSPS) is 9.87. The van der Waals surface area contributed by atoms with Crippen molar-refractivity contribution in [1.82, 2.24) is 0 Å². The first-order chi connectivity index (χ1) is 11.3. The van der Waals surface area contributed by atoms with E-state index in [4.69, 9.17) is 5.26 Å². The summed E-state index contributed by atoms with van der Waals surface area (Å²) >= 11 is 0. The standard InChI is InChI=1S/C20H17N3/c21-15-17-11-13-18(14-12-17)16-23(20-9-5-2-6-10-20)22-19-7-3-1-4-8-19/h1-14,22H,16H2. The van der Waals surface area contributed by atoms with Crippen LogP contribution in [0.2, 0.25) is 0 Å². The van der Waals surface area contributed by atoms with E-state index in [1.54, 1.807) is 0 Å². The summed E-state index contributed by atoms with van der Waals surface area (Å²) in [4.78, 5) is 0. The Kier molecular flexibility index (Phi) is 4.56. The molecule has 3 aromatic carbocycles. The van der Waals surface area contributed by atoms with Gasteiger partial charge in [0.2, 0.25) is 0 Å². The Morgan fingerprint density at radius 3 is 2.00 bits per heavy atom. The lowest BCUT2D eigenvalue weighted by atomic mass is 10.1. The smallest absolute Gasteiger partial charge is 0.0991 e. The first kappa shape index (κ1) is 14.7. The van der Waals surface area contributed by atoms with Gasteiger partial charge in [0.05, 0.1) is 29.6 Å². The van der Waals surface area contributed by atoms with E-state index >= 15 is 0 Å². The van der Waals surface area contributed by atoms with E-state index < -0.39 is 0 Å². The molecule has 0 spiro atoms. The molecule has 3 aromatic rings. The molecule has 3 heteroatoms. The minimum atomic E-state index is 0.677. The number of benzene rings is 3. The van der Waals surface area contributed by atoms with Gasteiger partial charge in [-0.25, -0.2) is 0 Å². The molecule has 1 N–H and O–H groups in total. The van der Waals surface area contributed by atoms with Crippen molar-refractivity contribution in [2.45, 2.75) is 6.54 Å². The summed E-state index contributed by atoms with van der Waals surface area (Å²) in [5.41, 5.74) is 7.37. The maximum Gasteiger partial charge on any atom is 0.0991 e. The van der Waals surface area contributed by atoms with Gasteiger partial charge >= 0.3 is 0 Å². The molecule has 0 saturated carbocycles. The second-order valence-electron chi connectivity index (χ2n) is 5.21. The van der Waals surface area contributed by atoms with Crippen LogP contribution in [-0.2, 0) is 6.54 Å². The molecule has 0 aliphatic rings. The van der Waals surface area contributed by atoms with Crippen LogP contribution >= 0.6 is 0 Å². The van der Waals surface area contributed by atoms with Crippen LogP contribution in [0.1, 0.15) is 11.1 Å². The zero-order valence-corrected chi connectivity index (χ0v) is 12.7. The first-order valence-electron chi connectivity index (χ1n) is 7.48. The minimum absolute atomic E-state index is 0.677. The van der Waals surface area contributed by atoms with E-state index in [0.29, 0.717) is 12.1 Å². The van der Waals surface area contributed by atoms with E-state index in [0.717, 1.165) is 16.9 Å². The van der Waals surface area contributed by atoms with Gasteiger partial charge in [0.25, 0.3) is 0 Å². The summed E-state index contributed by atoms with van der Waals surface area (Å²) in [7, 11) is 0. The van der Waals surface area contributed by atoms with E-state index in [1.807, 2.05) is 72.8 Å².